The van der Waals surface area contributed by atoms with Gasteiger partial charge in [0, 0.05) is 6.07 Å². The van der Waals surface area contributed by atoms with Crippen molar-refractivity contribution in [3.8, 4) is 17.2 Å². The molecule has 0 heterocycles. The van der Waals surface area contributed by atoms with Gasteiger partial charge in [0.25, 0.3) is 0 Å². The highest BCUT2D eigenvalue weighted by molar-refractivity contribution is 7.79. The average Bonchev–Trinajstić information content (AvgIpc) is 1.94. The van der Waals surface area contributed by atoms with Crippen LogP contribution >= 0.6 is 0 Å². The normalized spacial score (nSPS) is 10.1. The summed E-state index contributed by atoms with van der Waals surface area (Å²) in [5.41, 5.74) is 0. The molecule has 0 fully saturated rings. The predicted molar refractivity (Wildman–Crippen MR) is 45.6 cm³/mol. The Balaban J connectivity index is 0.000000292. The fourth-order valence-electron chi connectivity index (χ4n) is 0.512. The lowest BCUT2D eigenvalue weighted by Crippen LogP contribution is -1.89. The van der Waals surface area contributed by atoms with Crippen LogP contribution in [0, 0.1) is 0 Å². The van der Waals surface area contributed by atoms with Crippen LogP contribution < -0.4 is 0 Å². The Morgan fingerprint density at radius 2 is 1.36 bits per heavy atom. The third-order valence-corrected chi connectivity index (χ3v) is 0.959. The molecule has 0 radical (unpaired) electrons. The molecule has 80 valence electrons. The molecule has 0 saturated carbocycles. The highest BCUT2D eigenvalue weighted by Gasteiger charge is 1.96. The number of rotatable bonds is 0. The summed E-state index contributed by atoms with van der Waals surface area (Å²) < 4.78 is 31.6. The molecule has 8 heteroatoms. The number of benzene rings is 1. The van der Waals surface area contributed by atoms with Crippen LogP contribution in [-0.4, -0.2) is 32.8 Å². The molecule has 7 nitrogen and oxygen atoms in total. The summed E-state index contributed by atoms with van der Waals surface area (Å²) in [7, 11) is -4.67. The molecule has 0 atom stereocenters. The van der Waals surface area contributed by atoms with Gasteiger partial charge in [0.15, 0.2) is 11.5 Å². The van der Waals surface area contributed by atoms with Crippen molar-refractivity contribution < 1.29 is 32.8 Å². The molecule has 0 saturated heterocycles. The number of hydrogen-bond acceptors (Lipinski definition) is 5. The molecule has 1 aromatic carbocycles. The second-order valence-electron chi connectivity index (χ2n) is 2.12. The van der Waals surface area contributed by atoms with Gasteiger partial charge < -0.3 is 15.3 Å². The largest absolute Gasteiger partial charge is 0.508 e. The minimum absolute atomic E-state index is 0.0645. The van der Waals surface area contributed by atoms with Crippen molar-refractivity contribution >= 4 is 10.4 Å². The van der Waals surface area contributed by atoms with Crippen LogP contribution in [0.15, 0.2) is 18.2 Å². The van der Waals surface area contributed by atoms with E-state index in [1.807, 2.05) is 0 Å². The van der Waals surface area contributed by atoms with Crippen LogP contribution in [0.5, 0.6) is 17.2 Å². The lowest BCUT2D eigenvalue weighted by molar-refractivity contribution is 0.381. The highest BCUT2D eigenvalue weighted by atomic mass is 32.3. The predicted octanol–water partition coefficient (Wildman–Crippen LogP) is 0.151. The zero-order valence-corrected chi connectivity index (χ0v) is 7.51. The summed E-state index contributed by atoms with van der Waals surface area (Å²) >= 11 is 0. The molecule has 1 rings (SSSR count). The van der Waals surface area contributed by atoms with Gasteiger partial charge in [0.1, 0.15) is 5.75 Å². The summed E-state index contributed by atoms with van der Waals surface area (Å²) in [4.78, 5) is 0. The zero-order chi connectivity index (χ0) is 11.4. The van der Waals surface area contributed by atoms with Gasteiger partial charge >= 0.3 is 10.4 Å². The lowest BCUT2D eigenvalue weighted by Gasteiger charge is -1.95. The summed E-state index contributed by atoms with van der Waals surface area (Å²) in [5, 5.41) is 26.0. The third kappa shape index (κ3) is 7.16. The molecule has 0 aliphatic heterocycles. The topological polar surface area (TPSA) is 135 Å². The molecule has 14 heavy (non-hydrogen) atoms. The third-order valence-electron chi connectivity index (χ3n) is 0.959. The van der Waals surface area contributed by atoms with Gasteiger partial charge in [-0.2, -0.15) is 8.42 Å². The molecular formula is C6H8O7S. The zero-order valence-electron chi connectivity index (χ0n) is 6.69. The van der Waals surface area contributed by atoms with E-state index in [2.05, 4.69) is 0 Å². The van der Waals surface area contributed by atoms with Gasteiger partial charge in [0.05, 0.1) is 0 Å². The molecule has 0 amide bonds. The van der Waals surface area contributed by atoms with Gasteiger partial charge in [-0.3, -0.25) is 9.11 Å². The van der Waals surface area contributed by atoms with Gasteiger partial charge in [0.2, 0.25) is 0 Å². The fraction of sp³-hybridized carbons (Fsp3) is 0. The smallest absolute Gasteiger partial charge is 0.394 e. The van der Waals surface area contributed by atoms with Gasteiger partial charge in [-0.15, -0.1) is 0 Å². The first-order valence-electron chi connectivity index (χ1n) is 3.11. The van der Waals surface area contributed by atoms with Crippen molar-refractivity contribution in [1.82, 2.24) is 0 Å². The molecule has 5 N–H and O–H groups in total. The molecule has 0 bridgehead atoms. The van der Waals surface area contributed by atoms with Crippen molar-refractivity contribution in [2.75, 3.05) is 0 Å². The van der Waals surface area contributed by atoms with Crippen LogP contribution in [0.1, 0.15) is 0 Å². The van der Waals surface area contributed by atoms with E-state index in [1.54, 1.807) is 0 Å². The second-order valence-corrected chi connectivity index (χ2v) is 3.02. The maximum atomic E-state index is 8.74. The van der Waals surface area contributed by atoms with E-state index in [4.69, 9.17) is 32.8 Å². The number of hydrogen-bond donors (Lipinski definition) is 5. The first-order chi connectivity index (χ1) is 6.20. The summed E-state index contributed by atoms with van der Waals surface area (Å²) in [6.07, 6.45) is 0. The molecule has 0 unspecified atom stereocenters. The summed E-state index contributed by atoms with van der Waals surface area (Å²) in [6, 6.07) is 3.56. The van der Waals surface area contributed by atoms with Crippen molar-refractivity contribution in [3.63, 3.8) is 0 Å². The Morgan fingerprint density at radius 3 is 1.64 bits per heavy atom. The van der Waals surface area contributed by atoms with Crippen molar-refractivity contribution in [2.24, 2.45) is 0 Å². The van der Waals surface area contributed by atoms with Gasteiger partial charge in [-0.05, 0) is 12.1 Å². The Labute approximate surface area is 79.5 Å². The van der Waals surface area contributed by atoms with E-state index < -0.39 is 10.4 Å². The van der Waals surface area contributed by atoms with E-state index in [9.17, 15) is 0 Å². The summed E-state index contributed by atoms with van der Waals surface area (Å²) in [6.45, 7) is 0. The first-order valence-corrected chi connectivity index (χ1v) is 4.50. The number of aromatic hydroxyl groups is 3. The maximum absolute atomic E-state index is 8.74. The number of phenols is 3. The standard InChI is InChI=1S/C6H6O3.H2O4S/c7-4-1-2-5(8)6(9)3-4;1-5(2,3)4/h1-3,7-9H;(H2,1,2,3,4). The van der Waals surface area contributed by atoms with Crippen molar-refractivity contribution in [3.05, 3.63) is 18.2 Å². The van der Waals surface area contributed by atoms with Crippen LogP contribution in [0.4, 0.5) is 0 Å². The Kier molecular flexibility index (Phi) is 4.15. The van der Waals surface area contributed by atoms with Gasteiger partial charge in [-0.25, -0.2) is 0 Å². The van der Waals surface area contributed by atoms with E-state index in [1.165, 1.54) is 12.1 Å². The van der Waals surface area contributed by atoms with Crippen LogP contribution in [-0.2, 0) is 10.4 Å². The molecule has 0 spiro atoms. The van der Waals surface area contributed by atoms with E-state index in [-0.39, 0.29) is 17.2 Å². The Morgan fingerprint density at radius 1 is 0.929 bits per heavy atom. The lowest BCUT2D eigenvalue weighted by atomic mass is 10.3. The molecule has 1 aromatic rings. The van der Waals surface area contributed by atoms with Crippen LogP contribution in [0.25, 0.3) is 0 Å². The van der Waals surface area contributed by atoms with E-state index in [0.717, 1.165) is 6.07 Å². The SMILES string of the molecule is O=S(=O)(O)O.Oc1ccc(O)c(O)c1. The molecular weight excluding hydrogens is 216 g/mol. The summed E-state index contributed by atoms with van der Waals surface area (Å²) in [5.74, 6) is -0.604. The van der Waals surface area contributed by atoms with E-state index >= 15 is 0 Å². The first kappa shape index (κ1) is 12.5. The quantitative estimate of drug-likeness (QED) is 0.240. The molecule has 0 aromatic heterocycles. The minimum Gasteiger partial charge on any atom is -0.508 e. The van der Waals surface area contributed by atoms with E-state index in [0.29, 0.717) is 0 Å². The highest BCUT2D eigenvalue weighted by Crippen LogP contribution is 2.27. The number of phenolic OH excluding ortho intramolecular Hbond substituents is 3. The van der Waals surface area contributed by atoms with Crippen LogP contribution in [0.2, 0.25) is 0 Å². The molecule has 0 aliphatic rings. The minimum atomic E-state index is -4.67. The fourth-order valence-corrected chi connectivity index (χ4v) is 0.512. The monoisotopic (exact) mass is 224 g/mol. The van der Waals surface area contributed by atoms with Crippen LogP contribution in [0.3, 0.4) is 0 Å². The van der Waals surface area contributed by atoms with Gasteiger partial charge in [-0.1, -0.05) is 0 Å². The van der Waals surface area contributed by atoms with Crippen molar-refractivity contribution in [1.29, 1.82) is 0 Å². The maximum Gasteiger partial charge on any atom is 0.394 e. The second kappa shape index (κ2) is 4.65. The average molecular weight is 224 g/mol. The Bertz CT molecular complexity index is 389. The van der Waals surface area contributed by atoms with Crippen molar-refractivity contribution in [2.45, 2.75) is 0 Å². The molecule has 0 aliphatic carbocycles. The Hall–Kier alpha value is -1.51.